The van der Waals surface area contributed by atoms with Crippen molar-refractivity contribution < 1.29 is 28.6 Å². The molecular weight excluding hydrogens is 853 g/mol. The molecular formula is C63H96O6. The van der Waals surface area contributed by atoms with Crippen LogP contribution < -0.4 is 0 Å². The van der Waals surface area contributed by atoms with E-state index >= 15 is 0 Å². The zero-order valence-electron chi connectivity index (χ0n) is 43.8. The molecule has 0 saturated heterocycles. The molecule has 0 aliphatic carbocycles. The van der Waals surface area contributed by atoms with Gasteiger partial charge in [-0.05, 0) is 135 Å². The van der Waals surface area contributed by atoms with Gasteiger partial charge in [-0.15, -0.1) is 0 Å². The van der Waals surface area contributed by atoms with E-state index in [9.17, 15) is 14.4 Å². The molecule has 0 N–H and O–H groups in total. The number of rotatable bonds is 46. The van der Waals surface area contributed by atoms with Gasteiger partial charge in [0, 0.05) is 19.3 Å². The molecule has 0 saturated carbocycles. The Balaban J connectivity index is 4.57. The number of hydrogen-bond donors (Lipinski definition) is 0. The number of unbranched alkanes of at least 4 members (excludes halogenated alkanes) is 9. The maximum absolute atomic E-state index is 12.8. The summed E-state index contributed by atoms with van der Waals surface area (Å²) in [5, 5.41) is 0. The predicted molar refractivity (Wildman–Crippen MR) is 297 cm³/mol. The van der Waals surface area contributed by atoms with Gasteiger partial charge < -0.3 is 14.2 Å². The summed E-state index contributed by atoms with van der Waals surface area (Å²) >= 11 is 0. The van der Waals surface area contributed by atoms with Crippen molar-refractivity contribution in [1.29, 1.82) is 0 Å². The summed E-state index contributed by atoms with van der Waals surface area (Å²) < 4.78 is 16.7. The minimum absolute atomic E-state index is 0.128. The molecule has 1 atom stereocenters. The van der Waals surface area contributed by atoms with Crippen LogP contribution in [0.5, 0.6) is 0 Å². The van der Waals surface area contributed by atoms with Crippen LogP contribution in [0.4, 0.5) is 0 Å². The molecule has 0 radical (unpaired) electrons. The second kappa shape index (κ2) is 55.6. The largest absolute Gasteiger partial charge is 0.462 e. The number of carbonyl (C=O) groups excluding carboxylic acids is 3. The van der Waals surface area contributed by atoms with E-state index in [-0.39, 0.29) is 44.0 Å². The van der Waals surface area contributed by atoms with Gasteiger partial charge in [-0.3, -0.25) is 14.4 Å². The molecule has 6 nitrogen and oxygen atoms in total. The SMILES string of the molecule is CC/C=C\C/C=C\C/C=C\C/C=C\C/C=C\C/C=C\C/C=C\CCCC(=O)OCC(COC(=O)CCCCCCC/C=C\C/C=C\CCC)OC(=O)CCCC/C=C\C/C=C\C/C=C\C/C=C\CC. The predicted octanol–water partition coefficient (Wildman–Crippen LogP) is 18.2. The van der Waals surface area contributed by atoms with Crippen LogP contribution in [0.3, 0.4) is 0 Å². The van der Waals surface area contributed by atoms with Crippen molar-refractivity contribution in [1.82, 2.24) is 0 Å². The maximum atomic E-state index is 12.8. The van der Waals surface area contributed by atoms with Crippen molar-refractivity contribution in [3.05, 3.63) is 158 Å². The fraction of sp³-hybridized carbons (Fsp3) is 0.540. The van der Waals surface area contributed by atoms with Crippen LogP contribution in [0.25, 0.3) is 0 Å². The van der Waals surface area contributed by atoms with Gasteiger partial charge in [0.1, 0.15) is 13.2 Å². The van der Waals surface area contributed by atoms with E-state index in [2.05, 4.69) is 179 Å². The van der Waals surface area contributed by atoms with Crippen LogP contribution in [0.1, 0.15) is 201 Å². The van der Waals surface area contributed by atoms with Crippen LogP contribution in [-0.2, 0) is 28.6 Å². The molecule has 0 aromatic rings. The van der Waals surface area contributed by atoms with Gasteiger partial charge in [-0.1, -0.05) is 204 Å². The molecule has 0 fully saturated rings. The Bertz CT molecular complexity index is 1610. The molecule has 1 unspecified atom stereocenters. The first-order chi connectivity index (χ1) is 34.0. The second-order valence-corrected chi connectivity index (χ2v) is 17.0. The van der Waals surface area contributed by atoms with Gasteiger partial charge >= 0.3 is 17.9 Å². The molecule has 0 rings (SSSR count). The van der Waals surface area contributed by atoms with Gasteiger partial charge in [-0.2, -0.15) is 0 Å². The number of hydrogen-bond acceptors (Lipinski definition) is 6. The monoisotopic (exact) mass is 949 g/mol. The van der Waals surface area contributed by atoms with E-state index in [0.717, 1.165) is 141 Å². The summed E-state index contributed by atoms with van der Waals surface area (Å²) in [7, 11) is 0. The van der Waals surface area contributed by atoms with E-state index < -0.39 is 6.10 Å². The summed E-state index contributed by atoms with van der Waals surface area (Å²) in [4.78, 5) is 38.0. The highest BCUT2D eigenvalue weighted by Crippen LogP contribution is 2.11. The molecule has 0 amide bonds. The second-order valence-electron chi connectivity index (χ2n) is 17.0. The van der Waals surface area contributed by atoms with Crippen LogP contribution in [0.2, 0.25) is 0 Å². The summed E-state index contributed by atoms with van der Waals surface area (Å²) in [5.41, 5.74) is 0. The lowest BCUT2D eigenvalue weighted by Gasteiger charge is -2.18. The molecule has 0 aromatic heterocycles. The highest BCUT2D eigenvalue weighted by Gasteiger charge is 2.19. The highest BCUT2D eigenvalue weighted by atomic mass is 16.6. The van der Waals surface area contributed by atoms with Crippen molar-refractivity contribution in [3.8, 4) is 0 Å². The number of allylic oxidation sites excluding steroid dienone is 26. The third-order valence-corrected chi connectivity index (χ3v) is 10.5. The molecule has 0 bridgehead atoms. The van der Waals surface area contributed by atoms with E-state index in [0.29, 0.717) is 19.3 Å². The fourth-order valence-corrected chi connectivity index (χ4v) is 6.52. The van der Waals surface area contributed by atoms with Crippen molar-refractivity contribution in [2.24, 2.45) is 0 Å². The summed E-state index contributed by atoms with van der Waals surface area (Å²) in [5.74, 6) is -1.06. The zero-order valence-corrected chi connectivity index (χ0v) is 43.8. The van der Waals surface area contributed by atoms with Crippen molar-refractivity contribution in [2.75, 3.05) is 13.2 Å². The Morgan fingerprint density at radius 1 is 0.304 bits per heavy atom. The maximum Gasteiger partial charge on any atom is 0.306 e. The van der Waals surface area contributed by atoms with Crippen LogP contribution >= 0.6 is 0 Å². The van der Waals surface area contributed by atoms with Gasteiger partial charge in [0.2, 0.25) is 0 Å². The lowest BCUT2D eigenvalue weighted by molar-refractivity contribution is -0.167. The third kappa shape index (κ3) is 53.8. The van der Waals surface area contributed by atoms with Gasteiger partial charge in [0.05, 0.1) is 0 Å². The zero-order chi connectivity index (χ0) is 50.0. The van der Waals surface area contributed by atoms with Gasteiger partial charge in [0.15, 0.2) is 6.10 Å². The van der Waals surface area contributed by atoms with Crippen LogP contribution in [-0.4, -0.2) is 37.2 Å². The highest BCUT2D eigenvalue weighted by molar-refractivity contribution is 5.71. The Hall–Kier alpha value is -4.97. The Morgan fingerprint density at radius 3 is 0.971 bits per heavy atom. The Kier molecular flexibility index (Phi) is 51.6. The summed E-state index contributed by atoms with van der Waals surface area (Å²) in [6, 6.07) is 0. The lowest BCUT2D eigenvalue weighted by atomic mass is 10.1. The van der Waals surface area contributed by atoms with Crippen LogP contribution in [0, 0.1) is 0 Å². The first-order valence-electron chi connectivity index (χ1n) is 27.0. The topological polar surface area (TPSA) is 78.9 Å². The lowest BCUT2D eigenvalue weighted by Crippen LogP contribution is -2.30. The number of esters is 3. The van der Waals surface area contributed by atoms with E-state index in [1.807, 2.05) is 0 Å². The average molecular weight is 949 g/mol. The molecule has 0 spiro atoms. The van der Waals surface area contributed by atoms with E-state index in [1.54, 1.807) is 0 Å². The average Bonchev–Trinajstić information content (AvgIpc) is 3.35. The molecule has 0 aromatic carbocycles. The van der Waals surface area contributed by atoms with E-state index in [1.165, 1.54) is 6.42 Å². The molecule has 69 heavy (non-hydrogen) atoms. The van der Waals surface area contributed by atoms with Crippen LogP contribution in [0.15, 0.2) is 158 Å². The minimum atomic E-state index is -0.837. The summed E-state index contributed by atoms with van der Waals surface area (Å²) in [6.07, 6.45) is 80.9. The molecule has 0 heterocycles. The standard InChI is InChI=1S/C63H96O6/c1-4-7-10-13-16-19-22-25-27-28-29-30-31-32-33-34-36-38-41-44-47-50-53-56-62(65)68-59-60(58-67-61(64)55-52-49-46-43-40-37-24-21-18-15-12-9-6-3)69-63(66)57-54-51-48-45-42-39-35-26-23-20-17-14-11-8-5-2/h7-8,10-12,15-17,19-21,24-27,29-30,32-33,35-36,38,42,44-45,47,60H,4-6,9,13-14,18,22-23,28,31,34,37,39-41,43,46,48-59H2,1-3H3/b10-7-,11-8-,15-12-,19-16-,20-17-,24-21-,27-25-,30-29-,33-32-,35-26-,38-36-,45-42-,47-44-. The van der Waals surface area contributed by atoms with Crippen molar-refractivity contribution in [2.45, 2.75) is 207 Å². The molecule has 0 aliphatic rings. The first kappa shape index (κ1) is 64.0. The van der Waals surface area contributed by atoms with Crippen molar-refractivity contribution in [3.63, 3.8) is 0 Å². The van der Waals surface area contributed by atoms with Crippen molar-refractivity contribution >= 4 is 17.9 Å². The van der Waals surface area contributed by atoms with Gasteiger partial charge in [-0.25, -0.2) is 0 Å². The minimum Gasteiger partial charge on any atom is -0.462 e. The molecule has 6 heteroatoms. The molecule has 384 valence electrons. The molecule has 0 aliphatic heterocycles. The number of carbonyl (C=O) groups is 3. The Labute approximate surface area is 422 Å². The summed E-state index contributed by atoms with van der Waals surface area (Å²) in [6.45, 7) is 6.22. The smallest absolute Gasteiger partial charge is 0.306 e. The van der Waals surface area contributed by atoms with Gasteiger partial charge in [0.25, 0.3) is 0 Å². The normalized spacial score (nSPS) is 13.4. The first-order valence-corrected chi connectivity index (χ1v) is 27.0. The van der Waals surface area contributed by atoms with E-state index in [4.69, 9.17) is 14.2 Å². The third-order valence-electron chi connectivity index (χ3n) is 10.5. The quantitative estimate of drug-likeness (QED) is 0.0262. The Morgan fingerprint density at radius 2 is 0.580 bits per heavy atom. The fourth-order valence-electron chi connectivity index (χ4n) is 6.52. The number of ether oxygens (including phenoxy) is 3.